The second-order valence-corrected chi connectivity index (χ2v) is 6.25. The number of benzene rings is 1. The third-order valence-electron chi connectivity index (χ3n) is 3.82. The Labute approximate surface area is 133 Å². The zero-order valence-corrected chi connectivity index (χ0v) is 13.8. The molecule has 0 aromatic heterocycles. The summed E-state index contributed by atoms with van der Waals surface area (Å²) in [6.07, 6.45) is 7.63. The van der Waals surface area contributed by atoms with E-state index in [0.29, 0.717) is 17.3 Å². The molecule has 0 spiro atoms. The molecule has 2 N–H and O–H groups in total. The number of hydrogen-bond donors (Lipinski definition) is 2. The Balaban J connectivity index is 1.79. The minimum absolute atomic E-state index is 0.403. The molecular formula is C17H26N2OS. The van der Waals surface area contributed by atoms with Gasteiger partial charge in [0.1, 0.15) is 5.75 Å². The van der Waals surface area contributed by atoms with Gasteiger partial charge in [-0.15, -0.1) is 0 Å². The first-order valence-electron chi connectivity index (χ1n) is 8.01. The Morgan fingerprint density at radius 3 is 2.57 bits per heavy atom. The van der Waals surface area contributed by atoms with Crippen LogP contribution in [0, 0.1) is 0 Å². The molecule has 0 aliphatic heterocycles. The van der Waals surface area contributed by atoms with Crippen LogP contribution in [0.3, 0.4) is 0 Å². The maximum atomic E-state index is 5.96. The molecule has 1 atom stereocenters. The summed E-state index contributed by atoms with van der Waals surface area (Å²) in [6, 6.07) is 8.46. The molecule has 3 nitrogen and oxygen atoms in total. The first-order chi connectivity index (χ1) is 10.2. The fourth-order valence-electron chi connectivity index (χ4n) is 2.71. The van der Waals surface area contributed by atoms with Crippen LogP contribution in [-0.4, -0.2) is 17.3 Å². The summed E-state index contributed by atoms with van der Waals surface area (Å²) in [7, 11) is 0. The number of anilines is 1. The molecule has 0 unspecified atom stereocenters. The Hall–Kier alpha value is -1.29. The lowest BCUT2D eigenvalue weighted by molar-refractivity contribution is 0.210. The minimum Gasteiger partial charge on any atom is -0.490 e. The molecule has 2 rings (SSSR count). The molecule has 1 aromatic carbocycles. The van der Waals surface area contributed by atoms with E-state index in [2.05, 4.69) is 24.5 Å². The van der Waals surface area contributed by atoms with Gasteiger partial charge in [0.25, 0.3) is 0 Å². The lowest BCUT2D eigenvalue weighted by Gasteiger charge is -2.17. The highest BCUT2D eigenvalue weighted by Crippen LogP contribution is 2.24. The van der Waals surface area contributed by atoms with Crippen LogP contribution in [0.15, 0.2) is 24.3 Å². The van der Waals surface area contributed by atoms with Gasteiger partial charge in [0.15, 0.2) is 5.11 Å². The van der Waals surface area contributed by atoms with Crippen molar-refractivity contribution in [3.05, 3.63) is 24.3 Å². The Kier molecular flexibility index (Phi) is 6.30. The topological polar surface area (TPSA) is 33.3 Å². The molecule has 116 valence electrons. The summed E-state index contributed by atoms with van der Waals surface area (Å²) in [5, 5.41) is 7.19. The predicted octanol–water partition coefficient (Wildman–Crippen LogP) is 4.48. The van der Waals surface area contributed by atoms with Crippen LogP contribution in [0.4, 0.5) is 5.69 Å². The van der Waals surface area contributed by atoms with Crippen molar-refractivity contribution in [1.82, 2.24) is 5.32 Å². The summed E-state index contributed by atoms with van der Waals surface area (Å²) < 4.78 is 5.96. The molecule has 0 amide bonds. The molecule has 0 radical (unpaired) electrons. The van der Waals surface area contributed by atoms with Gasteiger partial charge in [-0.3, -0.25) is 0 Å². The zero-order valence-electron chi connectivity index (χ0n) is 13.0. The molecule has 0 heterocycles. The van der Waals surface area contributed by atoms with Crippen molar-refractivity contribution in [2.75, 3.05) is 5.32 Å². The van der Waals surface area contributed by atoms with Gasteiger partial charge in [0.05, 0.1) is 6.10 Å². The van der Waals surface area contributed by atoms with E-state index in [1.165, 1.54) is 25.7 Å². The van der Waals surface area contributed by atoms with Gasteiger partial charge < -0.3 is 15.4 Å². The van der Waals surface area contributed by atoms with Gasteiger partial charge in [-0.25, -0.2) is 0 Å². The van der Waals surface area contributed by atoms with E-state index >= 15 is 0 Å². The fourth-order valence-corrected chi connectivity index (χ4v) is 3.03. The van der Waals surface area contributed by atoms with Gasteiger partial charge in [0, 0.05) is 11.7 Å². The average molecular weight is 306 g/mol. The van der Waals surface area contributed by atoms with E-state index in [1.807, 2.05) is 24.3 Å². The van der Waals surface area contributed by atoms with Crippen molar-refractivity contribution in [3.8, 4) is 5.75 Å². The molecule has 1 aliphatic carbocycles. The molecule has 1 fully saturated rings. The largest absolute Gasteiger partial charge is 0.490 e. The normalized spacial score (nSPS) is 16.5. The van der Waals surface area contributed by atoms with Crippen molar-refractivity contribution >= 4 is 23.0 Å². The number of ether oxygens (including phenoxy) is 1. The number of nitrogens with one attached hydrogen (secondary N) is 2. The molecule has 1 aromatic rings. The van der Waals surface area contributed by atoms with E-state index in [-0.39, 0.29) is 0 Å². The van der Waals surface area contributed by atoms with Gasteiger partial charge in [0.2, 0.25) is 0 Å². The van der Waals surface area contributed by atoms with E-state index in [1.54, 1.807) is 0 Å². The summed E-state index contributed by atoms with van der Waals surface area (Å²) in [6.45, 7) is 4.33. The predicted molar refractivity (Wildman–Crippen MR) is 93.1 cm³/mol. The zero-order chi connectivity index (χ0) is 15.1. The highest BCUT2D eigenvalue weighted by atomic mass is 32.1. The summed E-state index contributed by atoms with van der Waals surface area (Å²) in [5.41, 5.74) is 0.995. The number of hydrogen-bond acceptors (Lipinski definition) is 2. The monoisotopic (exact) mass is 306 g/mol. The van der Waals surface area contributed by atoms with Crippen LogP contribution in [0.2, 0.25) is 0 Å². The van der Waals surface area contributed by atoms with Crippen molar-refractivity contribution in [3.63, 3.8) is 0 Å². The molecule has 0 bridgehead atoms. The maximum Gasteiger partial charge on any atom is 0.170 e. The number of thiocarbonyl (C=S) groups is 1. The van der Waals surface area contributed by atoms with E-state index in [9.17, 15) is 0 Å². The minimum atomic E-state index is 0.403. The first-order valence-corrected chi connectivity index (χ1v) is 8.42. The first kappa shape index (κ1) is 16.1. The van der Waals surface area contributed by atoms with Crippen LogP contribution in [-0.2, 0) is 0 Å². The molecule has 4 heteroatoms. The van der Waals surface area contributed by atoms with E-state index in [0.717, 1.165) is 24.3 Å². The van der Waals surface area contributed by atoms with Crippen molar-refractivity contribution < 1.29 is 4.74 Å². The highest BCUT2D eigenvalue weighted by molar-refractivity contribution is 7.80. The summed E-state index contributed by atoms with van der Waals surface area (Å²) >= 11 is 5.32. The summed E-state index contributed by atoms with van der Waals surface area (Å²) in [5.74, 6) is 0.950. The standard InChI is InChI=1S/C17H26N2OS/c1-3-6-13(2)18-17(21)19-14-9-11-16(12-10-14)20-15-7-4-5-8-15/h9-13,15H,3-8H2,1-2H3,(H2,18,19,21)/t13-/m0/s1. The van der Waals surface area contributed by atoms with Crippen LogP contribution >= 0.6 is 12.2 Å². The van der Waals surface area contributed by atoms with Gasteiger partial charge in [-0.2, -0.15) is 0 Å². The van der Waals surface area contributed by atoms with Gasteiger partial charge in [-0.05, 0) is 75.5 Å². The van der Waals surface area contributed by atoms with Crippen molar-refractivity contribution in [2.24, 2.45) is 0 Å². The Morgan fingerprint density at radius 1 is 1.29 bits per heavy atom. The third kappa shape index (κ3) is 5.54. The Morgan fingerprint density at radius 2 is 1.95 bits per heavy atom. The lowest BCUT2D eigenvalue weighted by Crippen LogP contribution is -2.35. The quantitative estimate of drug-likeness (QED) is 0.759. The maximum absolute atomic E-state index is 5.96. The average Bonchev–Trinajstić information content (AvgIpc) is 2.94. The summed E-state index contributed by atoms with van der Waals surface area (Å²) in [4.78, 5) is 0. The fraction of sp³-hybridized carbons (Fsp3) is 0.588. The van der Waals surface area contributed by atoms with Crippen LogP contribution < -0.4 is 15.4 Å². The third-order valence-corrected chi connectivity index (χ3v) is 4.04. The smallest absolute Gasteiger partial charge is 0.170 e. The molecule has 1 saturated carbocycles. The van der Waals surface area contributed by atoms with Crippen LogP contribution in [0.1, 0.15) is 52.4 Å². The van der Waals surface area contributed by atoms with Crippen molar-refractivity contribution in [2.45, 2.75) is 64.5 Å². The van der Waals surface area contributed by atoms with Crippen LogP contribution in [0.25, 0.3) is 0 Å². The molecule has 1 aliphatic rings. The second kappa shape index (κ2) is 8.23. The van der Waals surface area contributed by atoms with Gasteiger partial charge in [-0.1, -0.05) is 13.3 Å². The SMILES string of the molecule is CCC[C@H](C)NC(=S)Nc1ccc(OC2CCCC2)cc1. The number of rotatable bonds is 6. The molecule has 21 heavy (non-hydrogen) atoms. The second-order valence-electron chi connectivity index (χ2n) is 5.84. The van der Waals surface area contributed by atoms with E-state index < -0.39 is 0 Å². The lowest BCUT2D eigenvalue weighted by atomic mass is 10.2. The van der Waals surface area contributed by atoms with E-state index in [4.69, 9.17) is 17.0 Å². The molecule has 0 saturated heterocycles. The molecular weight excluding hydrogens is 280 g/mol. The van der Waals surface area contributed by atoms with Crippen molar-refractivity contribution in [1.29, 1.82) is 0 Å². The van der Waals surface area contributed by atoms with Crippen LogP contribution in [0.5, 0.6) is 5.75 Å². The van der Waals surface area contributed by atoms with Gasteiger partial charge >= 0.3 is 0 Å². The Bertz CT molecular complexity index is 441. The highest BCUT2D eigenvalue weighted by Gasteiger charge is 2.16.